The van der Waals surface area contributed by atoms with E-state index in [2.05, 4.69) is 15.3 Å². The highest BCUT2D eigenvalue weighted by Crippen LogP contribution is 2.29. The van der Waals surface area contributed by atoms with Gasteiger partial charge in [-0.3, -0.25) is 14.4 Å². The van der Waals surface area contributed by atoms with Crippen molar-refractivity contribution in [2.75, 3.05) is 59.0 Å². The fourth-order valence-corrected chi connectivity index (χ4v) is 3.68. The molecule has 0 aromatic carbocycles. The van der Waals surface area contributed by atoms with Crippen molar-refractivity contribution in [3.63, 3.8) is 0 Å². The standard InChI is InChI=1S/C17H29N5O2.2ClH/c1-3-24-9-8-21-4-6-22(7-5-21)17(23)16-12-18-11-15(16)14-10-19-20(2)13-14;;/h10,13,15-16,18H,3-9,11-12H2,1-2H3;2*1H/t15-,16+;;/m1../s1. The Bertz CT molecular complexity index is 549. The van der Waals surface area contributed by atoms with Crippen LogP contribution in [0.2, 0.25) is 0 Å². The second-order valence-corrected chi connectivity index (χ2v) is 6.68. The van der Waals surface area contributed by atoms with E-state index in [4.69, 9.17) is 4.74 Å². The Kier molecular flexibility index (Phi) is 9.89. The lowest BCUT2D eigenvalue weighted by Gasteiger charge is -2.36. The monoisotopic (exact) mass is 407 g/mol. The number of rotatable bonds is 6. The van der Waals surface area contributed by atoms with Gasteiger partial charge in [0.05, 0.1) is 18.7 Å². The van der Waals surface area contributed by atoms with E-state index in [-0.39, 0.29) is 36.6 Å². The zero-order chi connectivity index (χ0) is 16.9. The highest BCUT2D eigenvalue weighted by molar-refractivity contribution is 5.85. The molecule has 1 aromatic heterocycles. The van der Waals surface area contributed by atoms with Crippen LogP contribution in [0.5, 0.6) is 0 Å². The zero-order valence-electron chi connectivity index (χ0n) is 15.6. The summed E-state index contributed by atoms with van der Waals surface area (Å²) in [6.45, 7) is 9.67. The average molecular weight is 408 g/mol. The van der Waals surface area contributed by atoms with Crippen LogP contribution in [0.15, 0.2) is 12.4 Å². The molecule has 0 radical (unpaired) electrons. The van der Waals surface area contributed by atoms with Crippen molar-refractivity contribution in [3.8, 4) is 0 Å². The molecule has 150 valence electrons. The van der Waals surface area contributed by atoms with Crippen LogP contribution in [0.4, 0.5) is 0 Å². The van der Waals surface area contributed by atoms with E-state index >= 15 is 0 Å². The maximum absolute atomic E-state index is 13.0. The van der Waals surface area contributed by atoms with Gasteiger partial charge >= 0.3 is 0 Å². The number of carbonyl (C=O) groups is 1. The summed E-state index contributed by atoms with van der Waals surface area (Å²) in [5, 5.41) is 7.64. The number of halogens is 2. The van der Waals surface area contributed by atoms with Crippen LogP contribution in [0.3, 0.4) is 0 Å². The van der Waals surface area contributed by atoms with Gasteiger partial charge in [0.2, 0.25) is 5.91 Å². The van der Waals surface area contributed by atoms with Gasteiger partial charge in [-0.1, -0.05) is 0 Å². The molecule has 0 unspecified atom stereocenters. The van der Waals surface area contributed by atoms with E-state index in [0.29, 0.717) is 5.91 Å². The van der Waals surface area contributed by atoms with Crippen molar-refractivity contribution >= 4 is 30.7 Å². The van der Waals surface area contributed by atoms with Crippen LogP contribution in [-0.2, 0) is 16.6 Å². The summed E-state index contributed by atoms with van der Waals surface area (Å²) in [5.41, 5.74) is 1.16. The molecular weight excluding hydrogens is 377 g/mol. The molecule has 2 atom stereocenters. The molecule has 3 heterocycles. The van der Waals surface area contributed by atoms with Crippen LogP contribution in [0, 0.1) is 5.92 Å². The Labute approximate surface area is 168 Å². The van der Waals surface area contributed by atoms with Crippen molar-refractivity contribution < 1.29 is 9.53 Å². The van der Waals surface area contributed by atoms with Crippen LogP contribution in [0.25, 0.3) is 0 Å². The minimum atomic E-state index is 0. The normalized spacial score (nSPS) is 23.4. The fourth-order valence-electron chi connectivity index (χ4n) is 3.68. The Morgan fingerprint density at radius 1 is 1.27 bits per heavy atom. The van der Waals surface area contributed by atoms with E-state index in [1.807, 2.05) is 35.9 Å². The topological polar surface area (TPSA) is 62.6 Å². The third-order valence-electron chi connectivity index (χ3n) is 5.12. The molecule has 3 rings (SSSR count). The molecule has 2 aliphatic heterocycles. The first-order valence-corrected chi connectivity index (χ1v) is 8.97. The highest BCUT2D eigenvalue weighted by atomic mass is 35.5. The zero-order valence-corrected chi connectivity index (χ0v) is 17.2. The largest absolute Gasteiger partial charge is 0.380 e. The molecule has 0 aliphatic carbocycles. The lowest BCUT2D eigenvalue weighted by Crippen LogP contribution is -2.51. The molecule has 0 saturated carbocycles. The number of hydrogen-bond donors (Lipinski definition) is 1. The number of hydrogen-bond acceptors (Lipinski definition) is 5. The summed E-state index contributed by atoms with van der Waals surface area (Å²) in [7, 11) is 1.92. The third-order valence-corrected chi connectivity index (χ3v) is 5.12. The SMILES string of the molecule is CCOCCN1CCN(C(=O)[C@H]2CNC[C@@H]2c2cnn(C)c2)CC1.Cl.Cl. The number of amides is 1. The van der Waals surface area contributed by atoms with E-state index in [9.17, 15) is 4.79 Å². The maximum Gasteiger partial charge on any atom is 0.227 e. The van der Waals surface area contributed by atoms with E-state index in [1.54, 1.807) is 0 Å². The van der Waals surface area contributed by atoms with Gasteiger partial charge in [-0.2, -0.15) is 5.10 Å². The second-order valence-electron chi connectivity index (χ2n) is 6.68. The molecule has 1 amide bonds. The lowest BCUT2D eigenvalue weighted by atomic mass is 9.89. The second kappa shape index (κ2) is 11.1. The van der Waals surface area contributed by atoms with Gasteiger partial charge in [0.25, 0.3) is 0 Å². The third kappa shape index (κ3) is 5.57. The van der Waals surface area contributed by atoms with Gasteiger partial charge in [0, 0.05) is 71.6 Å². The Hall–Kier alpha value is -0.860. The number of ether oxygens (including phenoxy) is 1. The molecule has 9 heteroatoms. The van der Waals surface area contributed by atoms with E-state index in [0.717, 1.165) is 64.6 Å². The van der Waals surface area contributed by atoms with Crippen molar-refractivity contribution in [2.24, 2.45) is 13.0 Å². The Balaban J connectivity index is 0.00000169. The number of nitrogens with zero attached hydrogens (tertiary/aromatic N) is 4. The van der Waals surface area contributed by atoms with Gasteiger partial charge in [-0.15, -0.1) is 24.8 Å². The van der Waals surface area contributed by atoms with Gasteiger partial charge in [-0.05, 0) is 12.5 Å². The predicted octanol–water partition coefficient (Wildman–Crippen LogP) is 0.747. The van der Waals surface area contributed by atoms with Crippen LogP contribution < -0.4 is 5.32 Å². The minimum Gasteiger partial charge on any atom is -0.380 e. The summed E-state index contributed by atoms with van der Waals surface area (Å²) < 4.78 is 7.23. The number of aromatic nitrogens is 2. The lowest BCUT2D eigenvalue weighted by molar-refractivity contribution is -0.137. The summed E-state index contributed by atoms with van der Waals surface area (Å²) in [6, 6.07) is 0. The molecule has 2 aliphatic rings. The maximum atomic E-state index is 13.0. The Morgan fingerprint density at radius 2 is 2.00 bits per heavy atom. The first kappa shape index (κ1) is 23.2. The smallest absolute Gasteiger partial charge is 0.227 e. The average Bonchev–Trinajstić information content (AvgIpc) is 3.23. The van der Waals surface area contributed by atoms with Crippen molar-refractivity contribution in [3.05, 3.63) is 18.0 Å². The molecule has 7 nitrogen and oxygen atoms in total. The van der Waals surface area contributed by atoms with Crippen molar-refractivity contribution in [2.45, 2.75) is 12.8 Å². The van der Waals surface area contributed by atoms with Gasteiger partial charge in [-0.25, -0.2) is 0 Å². The van der Waals surface area contributed by atoms with Crippen molar-refractivity contribution in [1.29, 1.82) is 0 Å². The molecule has 26 heavy (non-hydrogen) atoms. The van der Waals surface area contributed by atoms with Gasteiger partial charge in [0.15, 0.2) is 0 Å². The summed E-state index contributed by atoms with van der Waals surface area (Å²) in [5.74, 6) is 0.560. The summed E-state index contributed by atoms with van der Waals surface area (Å²) in [4.78, 5) is 17.4. The molecule has 2 saturated heterocycles. The first-order valence-electron chi connectivity index (χ1n) is 8.97. The van der Waals surface area contributed by atoms with Crippen LogP contribution in [-0.4, -0.2) is 84.5 Å². The number of nitrogens with one attached hydrogen (secondary N) is 1. The molecular formula is C17H31Cl2N5O2. The first-order chi connectivity index (χ1) is 11.7. The fraction of sp³-hybridized carbons (Fsp3) is 0.765. The molecule has 1 aromatic rings. The Morgan fingerprint density at radius 3 is 2.62 bits per heavy atom. The van der Waals surface area contributed by atoms with E-state index in [1.165, 1.54) is 0 Å². The van der Waals surface area contributed by atoms with Gasteiger partial charge < -0.3 is 15.0 Å². The summed E-state index contributed by atoms with van der Waals surface area (Å²) in [6.07, 6.45) is 3.92. The van der Waals surface area contributed by atoms with E-state index < -0.39 is 0 Å². The minimum absolute atomic E-state index is 0. The predicted molar refractivity (Wildman–Crippen MR) is 106 cm³/mol. The van der Waals surface area contributed by atoms with Gasteiger partial charge in [0.1, 0.15) is 0 Å². The van der Waals surface area contributed by atoms with Crippen LogP contribution in [0.1, 0.15) is 18.4 Å². The highest BCUT2D eigenvalue weighted by Gasteiger charge is 2.37. The van der Waals surface area contributed by atoms with Crippen LogP contribution >= 0.6 is 24.8 Å². The molecule has 0 bridgehead atoms. The molecule has 0 spiro atoms. The number of piperazine rings is 1. The molecule has 2 fully saturated rings. The molecule has 1 N–H and O–H groups in total. The summed E-state index contributed by atoms with van der Waals surface area (Å²) >= 11 is 0. The quantitative estimate of drug-likeness (QED) is 0.704. The number of aryl methyl sites for hydroxylation is 1. The van der Waals surface area contributed by atoms with Crippen molar-refractivity contribution in [1.82, 2.24) is 24.9 Å². The number of carbonyl (C=O) groups excluding carboxylic acids is 1.